The number of benzene rings is 1. The number of piperidine rings is 1. The first-order chi connectivity index (χ1) is 11.1. The van der Waals surface area contributed by atoms with Crippen LogP contribution in [-0.4, -0.2) is 43.7 Å². The van der Waals surface area contributed by atoms with E-state index >= 15 is 0 Å². The minimum atomic E-state index is -0.0549. The molecule has 1 heterocycles. The van der Waals surface area contributed by atoms with Gasteiger partial charge in [0, 0.05) is 19.1 Å². The number of urea groups is 1. The maximum Gasteiger partial charge on any atom is 0.314 e. The number of likely N-dealkylation sites (tertiary alicyclic amines) is 1. The summed E-state index contributed by atoms with van der Waals surface area (Å²) in [5, 5.41) is 5.84. The lowest BCUT2D eigenvalue weighted by atomic mass is 9.96. The number of nitrogens with zero attached hydrogens (tertiary/aromatic N) is 1. The maximum atomic E-state index is 11.6. The molecule has 1 aromatic carbocycles. The zero-order chi connectivity index (χ0) is 16.7. The van der Waals surface area contributed by atoms with Crippen LogP contribution in [0.5, 0.6) is 5.75 Å². The zero-order valence-electron chi connectivity index (χ0n) is 14.5. The summed E-state index contributed by atoms with van der Waals surface area (Å²) in [6.07, 6.45) is 2.27. The van der Waals surface area contributed by atoms with Gasteiger partial charge in [-0.05, 0) is 63.4 Å². The van der Waals surface area contributed by atoms with Gasteiger partial charge in [0.15, 0.2) is 0 Å². The fourth-order valence-corrected chi connectivity index (χ4v) is 2.89. The first kappa shape index (κ1) is 17.6. The molecule has 23 heavy (non-hydrogen) atoms. The van der Waals surface area contributed by atoms with Gasteiger partial charge in [-0.15, -0.1) is 0 Å². The van der Waals surface area contributed by atoms with Gasteiger partial charge in [0.25, 0.3) is 0 Å². The molecule has 0 aliphatic carbocycles. The van der Waals surface area contributed by atoms with Crippen LogP contribution in [0.3, 0.4) is 0 Å². The van der Waals surface area contributed by atoms with Crippen molar-refractivity contribution in [2.75, 3.05) is 26.7 Å². The molecule has 0 saturated carbocycles. The molecule has 5 heteroatoms. The standard InChI is InChI=1S/C18H29N3O2/c1-14(2)20-18(22)19-12-15-8-10-21(11-9-15)13-16-4-6-17(23-3)7-5-16/h4-7,14-15H,8-13H2,1-3H3,(H2,19,20,22). The monoisotopic (exact) mass is 319 g/mol. The number of carbonyl (C=O) groups excluding carboxylic acids is 1. The number of carbonyl (C=O) groups is 1. The van der Waals surface area contributed by atoms with Gasteiger partial charge in [-0.1, -0.05) is 12.1 Å². The van der Waals surface area contributed by atoms with Gasteiger partial charge in [-0.25, -0.2) is 4.79 Å². The molecule has 1 aromatic rings. The Morgan fingerprint density at radius 1 is 1.26 bits per heavy atom. The van der Waals surface area contributed by atoms with Gasteiger partial charge in [0.05, 0.1) is 7.11 Å². The maximum absolute atomic E-state index is 11.6. The van der Waals surface area contributed by atoms with E-state index in [4.69, 9.17) is 4.74 Å². The van der Waals surface area contributed by atoms with Crippen LogP contribution in [0.1, 0.15) is 32.3 Å². The lowest BCUT2D eigenvalue weighted by molar-refractivity contribution is 0.174. The number of methoxy groups -OCH3 is 1. The number of hydrogen-bond donors (Lipinski definition) is 2. The topological polar surface area (TPSA) is 53.6 Å². The summed E-state index contributed by atoms with van der Waals surface area (Å²) in [5.41, 5.74) is 1.32. The molecule has 5 nitrogen and oxygen atoms in total. The number of ether oxygens (including phenoxy) is 1. The van der Waals surface area contributed by atoms with E-state index in [9.17, 15) is 4.79 Å². The van der Waals surface area contributed by atoms with Crippen molar-refractivity contribution in [1.82, 2.24) is 15.5 Å². The number of amides is 2. The molecule has 0 spiro atoms. The van der Waals surface area contributed by atoms with E-state index in [2.05, 4.69) is 27.7 Å². The van der Waals surface area contributed by atoms with Gasteiger partial charge in [0.2, 0.25) is 0 Å². The molecule has 128 valence electrons. The van der Waals surface area contributed by atoms with Crippen molar-refractivity contribution in [3.63, 3.8) is 0 Å². The second kappa shape index (κ2) is 8.77. The number of rotatable bonds is 6. The van der Waals surface area contributed by atoms with Crippen molar-refractivity contribution in [3.8, 4) is 5.75 Å². The normalized spacial score (nSPS) is 16.3. The van der Waals surface area contributed by atoms with Crippen LogP contribution in [0.2, 0.25) is 0 Å². The summed E-state index contributed by atoms with van der Waals surface area (Å²) in [4.78, 5) is 14.1. The van der Waals surface area contributed by atoms with E-state index in [0.29, 0.717) is 5.92 Å². The number of hydrogen-bond acceptors (Lipinski definition) is 3. The van der Waals surface area contributed by atoms with Crippen molar-refractivity contribution >= 4 is 6.03 Å². The van der Waals surface area contributed by atoms with Gasteiger partial charge >= 0.3 is 6.03 Å². The quantitative estimate of drug-likeness (QED) is 0.847. The van der Waals surface area contributed by atoms with E-state index in [1.54, 1.807) is 7.11 Å². The fraction of sp³-hybridized carbons (Fsp3) is 0.611. The summed E-state index contributed by atoms with van der Waals surface area (Å²) in [5.74, 6) is 1.48. The van der Waals surface area contributed by atoms with Crippen LogP contribution in [-0.2, 0) is 6.54 Å². The highest BCUT2D eigenvalue weighted by Crippen LogP contribution is 2.19. The van der Waals surface area contributed by atoms with E-state index in [1.807, 2.05) is 26.0 Å². The van der Waals surface area contributed by atoms with Crippen molar-refractivity contribution in [2.45, 2.75) is 39.3 Å². The molecular weight excluding hydrogens is 290 g/mol. The third-order valence-electron chi connectivity index (χ3n) is 4.24. The van der Waals surface area contributed by atoms with Crippen LogP contribution >= 0.6 is 0 Å². The minimum Gasteiger partial charge on any atom is -0.497 e. The predicted octanol–water partition coefficient (Wildman–Crippen LogP) is 2.61. The Hall–Kier alpha value is -1.75. The molecule has 0 atom stereocenters. The second-order valence-corrected chi connectivity index (χ2v) is 6.58. The third-order valence-corrected chi connectivity index (χ3v) is 4.24. The molecule has 1 aliphatic rings. The highest BCUT2D eigenvalue weighted by molar-refractivity contribution is 5.74. The Bertz CT molecular complexity index is 480. The van der Waals surface area contributed by atoms with Gasteiger partial charge in [0.1, 0.15) is 5.75 Å². The molecule has 1 fully saturated rings. The molecule has 2 amide bonds. The van der Waals surface area contributed by atoms with Gasteiger partial charge < -0.3 is 15.4 Å². The van der Waals surface area contributed by atoms with Crippen molar-refractivity contribution in [2.24, 2.45) is 5.92 Å². The molecule has 1 aliphatic heterocycles. The van der Waals surface area contributed by atoms with E-state index in [0.717, 1.165) is 44.8 Å². The third kappa shape index (κ3) is 6.10. The molecule has 2 N–H and O–H groups in total. The summed E-state index contributed by atoms with van der Waals surface area (Å²) in [7, 11) is 1.69. The Morgan fingerprint density at radius 3 is 2.48 bits per heavy atom. The SMILES string of the molecule is COc1ccc(CN2CCC(CNC(=O)NC(C)C)CC2)cc1. The average molecular weight is 319 g/mol. The average Bonchev–Trinajstić information content (AvgIpc) is 2.54. The highest BCUT2D eigenvalue weighted by Gasteiger charge is 2.19. The number of nitrogens with one attached hydrogen (secondary N) is 2. The Kier molecular flexibility index (Phi) is 6.71. The molecule has 0 radical (unpaired) electrons. The lowest BCUT2D eigenvalue weighted by Gasteiger charge is -2.32. The largest absolute Gasteiger partial charge is 0.497 e. The first-order valence-electron chi connectivity index (χ1n) is 8.46. The predicted molar refractivity (Wildman–Crippen MR) is 92.7 cm³/mol. The van der Waals surface area contributed by atoms with Crippen molar-refractivity contribution in [1.29, 1.82) is 0 Å². The van der Waals surface area contributed by atoms with Crippen LogP contribution in [0, 0.1) is 5.92 Å². The van der Waals surface area contributed by atoms with Crippen LogP contribution in [0.15, 0.2) is 24.3 Å². The molecule has 2 rings (SSSR count). The van der Waals surface area contributed by atoms with Crippen LogP contribution in [0.25, 0.3) is 0 Å². The lowest BCUT2D eigenvalue weighted by Crippen LogP contribution is -2.43. The van der Waals surface area contributed by atoms with Crippen molar-refractivity contribution < 1.29 is 9.53 Å². The summed E-state index contributed by atoms with van der Waals surface area (Å²) in [6, 6.07) is 8.41. The molecule has 0 unspecified atom stereocenters. The van der Waals surface area contributed by atoms with Crippen LogP contribution < -0.4 is 15.4 Å². The first-order valence-corrected chi connectivity index (χ1v) is 8.46. The molecule has 0 aromatic heterocycles. The summed E-state index contributed by atoms with van der Waals surface area (Å²) < 4.78 is 5.19. The molecular formula is C18H29N3O2. The van der Waals surface area contributed by atoms with Gasteiger partial charge in [-0.2, -0.15) is 0 Å². The Morgan fingerprint density at radius 2 is 1.91 bits per heavy atom. The summed E-state index contributed by atoms with van der Waals surface area (Å²) >= 11 is 0. The Labute approximate surface area is 139 Å². The van der Waals surface area contributed by atoms with Crippen molar-refractivity contribution in [3.05, 3.63) is 29.8 Å². The minimum absolute atomic E-state index is 0.0549. The van der Waals surface area contributed by atoms with E-state index in [1.165, 1.54) is 5.56 Å². The Balaban J connectivity index is 1.68. The molecule has 0 bridgehead atoms. The summed E-state index contributed by atoms with van der Waals surface area (Å²) in [6.45, 7) is 7.87. The van der Waals surface area contributed by atoms with E-state index in [-0.39, 0.29) is 12.1 Å². The van der Waals surface area contributed by atoms with E-state index < -0.39 is 0 Å². The second-order valence-electron chi connectivity index (χ2n) is 6.58. The molecule has 1 saturated heterocycles. The highest BCUT2D eigenvalue weighted by atomic mass is 16.5. The van der Waals surface area contributed by atoms with Crippen LogP contribution in [0.4, 0.5) is 4.79 Å². The zero-order valence-corrected chi connectivity index (χ0v) is 14.5. The smallest absolute Gasteiger partial charge is 0.314 e. The fourth-order valence-electron chi connectivity index (χ4n) is 2.89. The van der Waals surface area contributed by atoms with Gasteiger partial charge in [-0.3, -0.25) is 4.90 Å².